The number of aromatic amines is 1. The number of nitriles is 1. The van der Waals surface area contributed by atoms with Gasteiger partial charge in [0.25, 0.3) is 5.69 Å². The van der Waals surface area contributed by atoms with Crippen molar-refractivity contribution in [3.63, 3.8) is 0 Å². The van der Waals surface area contributed by atoms with Crippen molar-refractivity contribution in [1.82, 2.24) is 9.97 Å². The van der Waals surface area contributed by atoms with E-state index in [0.717, 1.165) is 16.6 Å². The van der Waals surface area contributed by atoms with E-state index >= 15 is 0 Å². The van der Waals surface area contributed by atoms with Crippen LogP contribution in [0.4, 0.5) is 5.69 Å². The van der Waals surface area contributed by atoms with Crippen molar-refractivity contribution in [3.8, 4) is 17.6 Å². The first kappa shape index (κ1) is 23.8. The number of benzene rings is 3. The summed E-state index contributed by atoms with van der Waals surface area (Å²) >= 11 is 6.52. The van der Waals surface area contributed by atoms with E-state index < -0.39 is 4.92 Å². The van der Waals surface area contributed by atoms with E-state index in [1.807, 2.05) is 32.0 Å². The van der Waals surface area contributed by atoms with Gasteiger partial charge in [-0.15, -0.1) is 0 Å². The molecule has 0 bridgehead atoms. The molecule has 0 unspecified atom stereocenters. The second kappa shape index (κ2) is 10.3. The molecular formula is C26H21ClN4O4. The minimum Gasteiger partial charge on any atom is -0.490 e. The predicted octanol–water partition coefficient (Wildman–Crippen LogP) is 6.47. The fourth-order valence-electron chi connectivity index (χ4n) is 3.56. The number of ether oxygens (including phenoxy) is 2. The number of fused-ring (bicyclic) bond motifs is 1. The molecule has 4 aromatic rings. The molecule has 176 valence electrons. The van der Waals surface area contributed by atoms with E-state index in [9.17, 15) is 15.4 Å². The summed E-state index contributed by atoms with van der Waals surface area (Å²) in [6, 6.07) is 17.6. The number of H-pyrrole nitrogens is 1. The van der Waals surface area contributed by atoms with Crippen molar-refractivity contribution >= 4 is 40.0 Å². The molecule has 1 heterocycles. The summed E-state index contributed by atoms with van der Waals surface area (Å²) in [7, 11) is 0. The van der Waals surface area contributed by atoms with Gasteiger partial charge in [-0.2, -0.15) is 5.26 Å². The molecule has 0 fully saturated rings. The first-order valence-electron chi connectivity index (χ1n) is 10.8. The first-order valence-corrected chi connectivity index (χ1v) is 11.2. The Balaban J connectivity index is 1.64. The third-order valence-electron chi connectivity index (χ3n) is 5.16. The molecule has 8 nitrogen and oxygen atoms in total. The largest absolute Gasteiger partial charge is 0.490 e. The minimum absolute atomic E-state index is 0.0208. The van der Waals surface area contributed by atoms with Gasteiger partial charge < -0.3 is 14.5 Å². The minimum atomic E-state index is -0.459. The van der Waals surface area contributed by atoms with Crippen LogP contribution < -0.4 is 9.47 Å². The summed E-state index contributed by atoms with van der Waals surface area (Å²) in [5, 5.41) is 21.1. The van der Waals surface area contributed by atoms with Crippen molar-refractivity contribution in [1.29, 1.82) is 5.26 Å². The second-order valence-electron chi connectivity index (χ2n) is 7.75. The summed E-state index contributed by atoms with van der Waals surface area (Å²) in [6.07, 6.45) is 1.67. The summed E-state index contributed by atoms with van der Waals surface area (Å²) < 4.78 is 11.6. The topological polar surface area (TPSA) is 114 Å². The lowest BCUT2D eigenvalue weighted by Crippen LogP contribution is -2.01. The number of imidazole rings is 1. The maximum Gasteiger partial charge on any atom is 0.269 e. The second-order valence-corrected chi connectivity index (χ2v) is 8.16. The third-order valence-corrected chi connectivity index (χ3v) is 5.44. The molecule has 1 N–H and O–H groups in total. The molecule has 35 heavy (non-hydrogen) atoms. The fourth-order valence-corrected chi connectivity index (χ4v) is 3.83. The number of hydrogen-bond donors (Lipinski definition) is 1. The molecule has 4 rings (SSSR count). The lowest BCUT2D eigenvalue weighted by molar-refractivity contribution is -0.384. The Morgan fingerprint density at radius 1 is 1.23 bits per heavy atom. The van der Waals surface area contributed by atoms with E-state index in [2.05, 4.69) is 16.0 Å². The highest BCUT2D eigenvalue weighted by Crippen LogP contribution is 2.38. The number of allylic oxidation sites excluding steroid dienone is 1. The van der Waals surface area contributed by atoms with Gasteiger partial charge in [0.1, 0.15) is 18.5 Å². The van der Waals surface area contributed by atoms with Crippen LogP contribution in [0, 0.1) is 28.4 Å². The molecule has 0 spiro atoms. The number of rotatable bonds is 8. The number of nitro groups is 1. The van der Waals surface area contributed by atoms with Gasteiger partial charge in [0.15, 0.2) is 11.5 Å². The van der Waals surface area contributed by atoms with Crippen LogP contribution in [-0.4, -0.2) is 21.5 Å². The maximum atomic E-state index is 11.0. The molecule has 0 radical (unpaired) electrons. The number of aromatic nitrogens is 2. The highest BCUT2D eigenvalue weighted by atomic mass is 35.5. The van der Waals surface area contributed by atoms with Crippen molar-refractivity contribution in [3.05, 3.63) is 92.2 Å². The average molecular weight is 489 g/mol. The molecule has 0 atom stereocenters. The van der Waals surface area contributed by atoms with Crippen LogP contribution in [0.2, 0.25) is 5.02 Å². The summed E-state index contributed by atoms with van der Waals surface area (Å²) in [6.45, 7) is 4.25. The Morgan fingerprint density at radius 3 is 2.80 bits per heavy atom. The van der Waals surface area contributed by atoms with Gasteiger partial charge >= 0.3 is 0 Å². The molecule has 1 aromatic heterocycles. The number of nitrogens with zero attached hydrogens (tertiary/aromatic N) is 3. The molecule has 0 aliphatic carbocycles. The molecule has 0 aliphatic rings. The van der Waals surface area contributed by atoms with Crippen LogP contribution in [0.25, 0.3) is 22.7 Å². The zero-order valence-electron chi connectivity index (χ0n) is 19.0. The number of aryl methyl sites for hydroxylation is 1. The Hall–Kier alpha value is -4.35. The highest BCUT2D eigenvalue weighted by molar-refractivity contribution is 6.32. The van der Waals surface area contributed by atoms with E-state index in [4.69, 9.17) is 21.1 Å². The maximum absolute atomic E-state index is 11.0. The lowest BCUT2D eigenvalue weighted by atomic mass is 10.1. The normalized spacial score (nSPS) is 11.3. The highest BCUT2D eigenvalue weighted by Gasteiger charge is 2.15. The average Bonchev–Trinajstić information content (AvgIpc) is 3.25. The molecular weight excluding hydrogens is 468 g/mol. The van der Waals surface area contributed by atoms with E-state index in [-0.39, 0.29) is 17.3 Å². The molecule has 0 aliphatic heterocycles. The number of nitro benzene ring substituents is 1. The van der Waals surface area contributed by atoms with Gasteiger partial charge in [-0.25, -0.2) is 4.98 Å². The van der Waals surface area contributed by atoms with Crippen molar-refractivity contribution < 1.29 is 14.4 Å². The van der Waals surface area contributed by atoms with E-state index in [1.54, 1.807) is 30.3 Å². The van der Waals surface area contributed by atoms with Crippen molar-refractivity contribution in [2.24, 2.45) is 0 Å². The van der Waals surface area contributed by atoms with Crippen LogP contribution in [0.1, 0.15) is 29.4 Å². The van der Waals surface area contributed by atoms with Gasteiger partial charge in [-0.3, -0.25) is 10.1 Å². The van der Waals surface area contributed by atoms with Crippen LogP contribution >= 0.6 is 11.6 Å². The lowest BCUT2D eigenvalue weighted by Gasteiger charge is -2.14. The number of nitrogens with one attached hydrogen (secondary N) is 1. The van der Waals surface area contributed by atoms with Gasteiger partial charge in [0.05, 0.1) is 33.2 Å². The SMILES string of the molecule is CCOc1cc(/C=C(\C#N)c2nc3ccc(C)cc3[nH]2)cc(Cl)c1OCc1cccc([N+](=O)[O-])c1. The number of hydrogen-bond acceptors (Lipinski definition) is 6. The van der Waals surface area contributed by atoms with Crippen molar-refractivity contribution in [2.45, 2.75) is 20.5 Å². The third kappa shape index (κ3) is 5.42. The molecule has 0 saturated carbocycles. The van der Waals surface area contributed by atoms with Crippen LogP contribution in [0.3, 0.4) is 0 Å². The molecule has 9 heteroatoms. The fraction of sp³-hybridized carbons (Fsp3) is 0.154. The van der Waals surface area contributed by atoms with Crippen LogP contribution in [-0.2, 0) is 6.61 Å². The van der Waals surface area contributed by atoms with Gasteiger partial charge in [0, 0.05) is 12.1 Å². The first-order chi connectivity index (χ1) is 16.9. The zero-order valence-corrected chi connectivity index (χ0v) is 19.8. The summed E-state index contributed by atoms with van der Waals surface area (Å²) in [5.74, 6) is 1.16. The number of non-ortho nitro benzene ring substituents is 1. The predicted molar refractivity (Wildman–Crippen MR) is 134 cm³/mol. The quantitative estimate of drug-likeness (QED) is 0.172. The van der Waals surface area contributed by atoms with Crippen molar-refractivity contribution in [2.75, 3.05) is 6.61 Å². The Kier molecular flexibility index (Phi) is 6.99. The van der Waals surface area contributed by atoms with Gasteiger partial charge in [-0.1, -0.05) is 29.8 Å². The molecule has 0 saturated heterocycles. The van der Waals surface area contributed by atoms with E-state index in [1.165, 1.54) is 12.1 Å². The zero-order chi connectivity index (χ0) is 24.9. The monoisotopic (exact) mass is 488 g/mol. The number of halogens is 1. The van der Waals surface area contributed by atoms with Crippen LogP contribution in [0.15, 0.2) is 54.6 Å². The van der Waals surface area contributed by atoms with Crippen LogP contribution in [0.5, 0.6) is 11.5 Å². The standard InChI is InChI=1S/C26H21ClN4O4/c1-3-34-24-13-18(10-19(14-28)26-29-22-8-7-16(2)9-23(22)30-26)12-21(27)25(24)35-15-17-5-4-6-20(11-17)31(32)33/h4-13H,3,15H2,1-2H3,(H,29,30)/b19-10+. The Labute approximate surface area is 206 Å². The molecule has 0 amide bonds. The summed E-state index contributed by atoms with van der Waals surface area (Å²) in [5.41, 5.74) is 4.27. The smallest absolute Gasteiger partial charge is 0.269 e. The van der Waals surface area contributed by atoms with Gasteiger partial charge in [-0.05, 0) is 60.9 Å². The Morgan fingerprint density at radius 2 is 2.06 bits per heavy atom. The molecule has 3 aromatic carbocycles. The van der Waals surface area contributed by atoms with Gasteiger partial charge in [0.2, 0.25) is 0 Å². The Bertz CT molecular complexity index is 1490. The summed E-state index contributed by atoms with van der Waals surface area (Å²) in [4.78, 5) is 18.3. The van der Waals surface area contributed by atoms with E-state index in [0.29, 0.717) is 40.6 Å².